The summed E-state index contributed by atoms with van der Waals surface area (Å²) in [6.07, 6.45) is 0.783. The Morgan fingerprint density at radius 1 is 0.667 bits per heavy atom. The van der Waals surface area contributed by atoms with Crippen LogP contribution in [0.1, 0.15) is 18.1 Å². The Bertz CT molecular complexity index is 1350. The summed E-state index contributed by atoms with van der Waals surface area (Å²) in [5.41, 5.74) is 6.07. The Morgan fingerprint density at radius 3 is 1.86 bits per heavy atom. The molecule has 3 aromatic carbocycles. The van der Waals surface area contributed by atoms with Crippen molar-refractivity contribution in [2.75, 3.05) is 35.5 Å². The number of aromatic nitrogens is 2. The molecule has 188 valence electrons. The van der Waals surface area contributed by atoms with Crippen LogP contribution in [0.2, 0.25) is 0 Å². The van der Waals surface area contributed by atoms with E-state index in [1.165, 1.54) is 0 Å². The molecule has 36 heavy (non-hydrogen) atoms. The highest BCUT2D eigenvalue weighted by Crippen LogP contribution is 2.39. The molecule has 0 amide bonds. The summed E-state index contributed by atoms with van der Waals surface area (Å²) in [4.78, 5) is 0. The average molecular weight is 489 g/mol. The van der Waals surface area contributed by atoms with Gasteiger partial charge in [-0.25, -0.2) is 0 Å². The van der Waals surface area contributed by atoms with Crippen LogP contribution in [0.25, 0.3) is 22.5 Å². The quantitative estimate of drug-likeness (QED) is 0.278. The standard InChI is InChI=1S/C29H32N2O5/c1-7-23-28(20-11-13-24(33-3)26(16-20)35-5)30-31(18-19-9-8-10-22(15-19)32-2)29(23)21-12-14-25(34-4)27(17-21)36-6/h8-17H,7,18H2,1-6H3. The lowest BCUT2D eigenvalue weighted by molar-refractivity contribution is 0.355. The van der Waals surface area contributed by atoms with Crippen LogP contribution in [-0.4, -0.2) is 45.3 Å². The van der Waals surface area contributed by atoms with Gasteiger partial charge in [0.05, 0.1) is 53.5 Å². The molecule has 0 aliphatic heterocycles. The molecule has 0 aliphatic rings. The van der Waals surface area contributed by atoms with Gasteiger partial charge in [0.25, 0.3) is 0 Å². The second-order valence-corrected chi connectivity index (χ2v) is 8.18. The molecule has 0 bridgehead atoms. The van der Waals surface area contributed by atoms with Crippen molar-refractivity contribution in [1.82, 2.24) is 9.78 Å². The lowest BCUT2D eigenvalue weighted by Crippen LogP contribution is -2.05. The van der Waals surface area contributed by atoms with Gasteiger partial charge in [0.15, 0.2) is 23.0 Å². The van der Waals surface area contributed by atoms with Crippen molar-refractivity contribution in [2.45, 2.75) is 19.9 Å². The van der Waals surface area contributed by atoms with Crippen LogP contribution in [0.4, 0.5) is 0 Å². The van der Waals surface area contributed by atoms with Gasteiger partial charge in [-0.05, 0) is 60.5 Å². The molecule has 4 aromatic rings. The molecule has 0 spiro atoms. The minimum absolute atomic E-state index is 0.571. The summed E-state index contributed by atoms with van der Waals surface area (Å²) in [5, 5.41) is 5.11. The predicted molar refractivity (Wildman–Crippen MR) is 141 cm³/mol. The van der Waals surface area contributed by atoms with Gasteiger partial charge in [0.1, 0.15) is 5.75 Å². The monoisotopic (exact) mass is 488 g/mol. The number of methoxy groups -OCH3 is 5. The normalized spacial score (nSPS) is 10.7. The molecule has 0 aliphatic carbocycles. The fourth-order valence-corrected chi connectivity index (χ4v) is 4.41. The first-order valence-corrected chi connectivity index (χ1v) is 11.7. The maximum Gasteiger partial charge on any atom is 0.161 e. The second-order valence-electron chi connectivity index (χ2n) is 8.18. The third-order valence-corrected chi connectivity index (χ3v) is 6.18. The van der Waals surface area contributed by atoms with E-state index in [4.69, 9.17) is 28.8 Å². The highest BCUT2D eigenvalue weighted by Gasteiger charge is 2.22. The molecule has 0 saturated carbocycles. The van der Waals surface area contributed by atoms with Crippen molar-refractivity contribution in [3.05, 3.63) is 71.8 Å². The fourth-order valence-electron chi connectivity index (χ4n) is 4.41. The Hall–Kier alpha value is -4.13. The van der Waals surface area contributed by atoms with E-state index < -0.39 is 0 Å². The SMILES string of the molecule is CCc1c(-c2ccc(OC)c(OC)c2)nn(Cc2cccc(OC)c2)c1-c1ccc(OC)c(OC)c1. The van der Waals surface area contributed by atoms with E-state index in [-0.39, 0.29) is 0 Å². The number of hydrogen-bond donors (Lipinski definition) is 0. The topological polar surface area (TPSA) is 64.0 Å². The van der Waals surface area contributed by atoms with Crippen molar-refractivity contribution < 1.29 is 23.7 Å². The molecule has 0 atom stereocenters. The minimum atomic E-state index is 0.571. The van der Waals surface area contributed by atoms with Crippen molar-refractivity contribution in [3.63, 3.8) is 0 Å². The van der Waals surface area contributed by atoms with E-state index in [0.29, 0.717) is 29.5 Å². The van der Waals surface area contributed by atoms with Crippen molar-refractivity contribution in [1.29, 1.82) is 0 Å². The van der Waals surface area contributed by atoms with Gasteiger partial charge in [-0.15, -0.1) is 0 Å². The number of benzene rings is 3. The Labute approximate surface area is 212 Å². The summed E-state index contributed by atoms with van der Waals surface area (Å²) >= 11 is 0. The third-order valence-electron chi connectivity index (χ3n) is 6.18. The molecule has 4 rings (SSSR count). The van der Waals surface area contributed by atoms with Gasteiger partial charge in [-0.2, -0.15) is 5.10 Å². The second kappa shape index (κ2) is 11.1. The maximum atomic E-state index is 5.61. The predicted octanol–water partition coefficient (Wildman–Crippen LogP) is 5.87. The highest BCUT2D eigenvalue weighted by atomic mass is 16.5. The molecule has 0 saturated heterocycles. The van der Waals surface area contributed by atoms with Gasteiger partial charge in [-0.1, -0.05) is 19.1 Å². The van der Waals surface area contributed by atoms with Crippen molar-refractivity contribution in [2.24, 2.45) is 0 Å². The first-order chi connectivity index (χ1) is 17.6. The molecule has 0 fully saturated rings. The summed E-state index contributed by atoms with van der Waals surface area (Å²) in [7, 11) is 8.22. The first kappa shape index (κ1) is 25.0. The molecular formula is C29H32N2O5. The Kier molecular flexibility index (Phi) is 7.68. The van der Waals surface area contributed by atoms with Crippen LogP contribution in [0.3, 0.4) is 0 Å². The van der Waals surface area contributed by atoms with Gasteiger partial charge >= 0.3 is 0 Å². The zero-order chi connectivity index (χ0) is 25.7. The molecule has 7 heteroatoms. The zero-order valence-corrected chi connectivity index (χ0v) is 21.6. The number of ether oxygens (including phenoxy) is 5. The molecule has 0 radical (unpaired) electrons. The van der Waals surface area contributed by atoms with Gasteiger partial charge in [0, 0.05) is 16.7 Å². The van der Waals surface area contributed by atoms with Crippen LogP contribution in [-0.2, 0) is 13.0 Å². The van der Waals surface area contributed by atoms with E-state index in [0.717, 1.165) is 45.8 Å². The lowest BCUT2D eigenvalue weighted by atomic mass is 9.99. The Balaban J connectivity index is 1.93. The molecular weight excluding hydrogens is 456 g/mol. The molecule has 0 unspecified atom stereocenters. The van der Waals surface area contributed by atoms with Crippen LogP contribution >= 0.6 is 0 Å². The molecule has 7 nitrogen and oxygen atoms in total. The molecule has 1 heterocycles. The maximum absolute atomic E-state index is 5.61. The lowest BCUT2D eigenvalue weighted by Gasteiger charge is -2.13. The minimum Gasteiger partial charge on any atom is -0.497 e. The van der Waals surface area contributed by atoms with E-state index in [1.807, 2.05) is 59.3 Å². The van der Waals surface area contributed by atoms with Crippen LogP contribution in [0, 0.1) is 0 Å². The van der Waals surface area contributed by atoms with E-state index in [2.05, 4.69) is 13.0 Å². The van der Waals surface area contributed by atoms with Gasteiger partial charge < -0.3 is 23.7 Å². The van der Waals surface area contributed by atoms with Crippen molar-refractivity contribution in [3.8, 4) is 51.3 Å². The summed E-state index contributed by atoms with van der Waals surface area (Å²) < 4.78 is 29.6. The Morgan fingerprint density at radius 2 is 1.28 bits per heavy atom. The van der Waals surface area contributed by atoms with Gasteiger partial charge in [-0.3, -0.25) is 4.68 Å². The van der Waals surface area contributed by atoms with E-state index in [9.17, 15) is 0 Å². The third kappa shape index (κ3) is 4.82. The number of rotatable bonds is 10. The largest absolute Gasteiger partial charge is 0.497 e. The average Bonchev–Trinajstić information content (AvgIpc) is 3.30. The van der Waals surface area contributed by atoms with Crippen LogP contribution in [0.5, 0.6) is 28.7 Å². The van der Waals surface area contributed by atoms with Crippen molar-refractivity contribution >= 4 is 0 Å². The molecule has 0 N–H and O–H groups in total. The van der Waals surface area contributed by atoms with E-state index in [1.54, 1.807) is 35.5 Å². The van der Waals surface area contributed by atoms with Crippen LogP contribution < -0.4 is 23.7 Å². The smallest absolute Gasteiger partial charge is 0.161 e. The molecule has 1 aromatic heterocycles. The fraction of sp³-hybridized carbons (Fsp3) is 0.276. The number of nitrogens with zero attached hydrogens (tertiary/aromatic N) is 2. The van der Waals surface area contributed by atoms with E-state index >= 15 is 0 Å². The summed E-state index contributed by atoms with van der Waals surface area (Å²) in [6, 6.07) is 19.9. The zero-order valence-electron chi connectivity index (χ0n) is 21.6. The first-order valence-electron chi connectivity index (χ1n) is 11.7. The highest BCUT2D eigenvalue weighted by molar-refractivity contribution is 5.77. The summed E-state index contributed by atoms with van der Waals surface area (Å²) in [6.45, 7) is 2.71. The number of hydrogen-bond acceptors (Lipinski definition) is 6. The van der Waals surface area contributed by atoms with Crippen LogP contribution in [0.15, 0.2) is 60.7 Å². The summed E-state index contributed by atoms with van der Waals surface area (Å²) in [5.74, 6) is 3.49. The van der Waals surface area contributed by atoms with Gasteiger partial charge in [0.2, 0.25) is 0 Å².